The standard InChI is InChI=1S/C24H22O4S2/c1-6-22(25)29-20-13-9-19(10-14-20)28-23(26)17(5)16(4)18-7-11-21(12-8-18)30-24(27)15(2)3/h6-14H,1-2H2,3-5H3. The minimum atomic E-state index is -0.453. The molecule has 0 bridgehead atoms. The number of hydrogen-bond acceptors (Lipinski definition) is 6. The average Bonchev–Trinajstić information content (AvgIpc) is 2.74. The number of carbonyl (C=O) groups excluding carboxylic acids is 3. The molecule has 0 radical (unpaired) electrons. The van der Waals surface area contributed by atoms with E-state index in [1.165, 1.54) is 6.08 Å². The van der Waals surface area contributed by atoms with Crippen molar-refractivity contribution in [2.45, 2.75) is 30.6 Å². The van der Waals surface area contributed by atoms with Gasteiger partial charge in [-0.25, -0.2) is 4.79 Å². The van der Waals surface area contributed by atoms with Gasteiger partial charge in [0.1, 0.15) is 5.75 Å². The van der Waals surface area contributed by atoms with E-state index in [4.69, 9.17) is 4.74 Å². The zero-order valence-electron chi connectivity index (χ0n) is 17.1. The smallest absolute Gasteiger partial charge is 0.339 e. The molecule has 0 heterocycles. The molecule has 0 aliphatic rings. The van der Waals surface area contributed by atoms with Crippen LogP contribution in [0.1, 0.15) is 26.3 Å². The predicted molar refractivity (Wildman–Crippen MR) is 124 cm³/mol. The van der Waals surface area contributed by atoms with Crippen molar-refractivity contribution in [2.24, 2.45) is 0 Å². The average molecular weight is 439 g/mol. The van der Waals surface area contributed by atoms with Crippen LogP contribution < -0.4 is 4.74 Å². The van der Waals surface area contributed by atoms with Crippen molar-refractivity contribution in [3.8, 4) is 5.75 Å². The van der Waals surface area contributed by atoms with Crippen molar-refractivity contribution in [3.05, 3.63) is 84.5 Å². The van der Waals surface area contributed by atoms with Crippen LogP contribution in [-0.2, 0) is 14.4 Å². The van der Waals surface area contributed by atoms with E-state index in [0.29, 0.717) is 16.9 Å². The Morgan fingerprint density at radius 3 is 1.93 bits per heavy atom. The number of ether oxygens (including phenoxy) is 1. The SMILES string of the molecule is C=CC(=O)Sc1ccc(OC(=O)C(C)=C(C)c2ccc(SC(=O)C(=C)C)cc2)cc1. The van der Waals surface area contributed by atoms with Gasteiger partial charge in [-0.05, 0) is 103 Å². The van der Waals surface area contributed by atoms with E-state index in [1.807, 2.05) is 31.2 Å². The molecule has 0 saturated carbocycles. The highest BCUT2D eigenvalue weighted by molar-refractivity contribution is 8.14. The quantitative estimate of drug-likeness (QED) is 0.226. The van der Waals surface area contributed by atoms with Crippen molar-refractivity contribution in [3.63, 3.8) is 0 Å². The van der Waals surface area contributed by atoms with Crippen LogP contribution in [-0.4, -0.2) is 16.2 Å². The first-order valence-electron chi connectivity index (χ1n) is 9.03. The van der Waals surface area contributed by atoms with Gasteiger partial charge in [-0.2, -0.15) is 0 Å². The molecule has 4 nitrogen and oxygen atoms in total. The third-order valence-electron chi connectivity index (χ3n) is 4.13. The maximum absolute atomic E-state index is 12.5. The lowest BCUT2D eigenvalue weighted by Gasteiger charge is -2.10. The second-order valence-corrected chi connectivity index (χ2v) is 8.55. The fourth-order valence-corrected chi connectivity index (χ4v) is 3.50. The van der Waals surface area contributed by atoms with Gasteiger partial charge < -0.3 is 4.74 Å². The van der Waals surface area contributed by atoms with Gasteiger partial charge in [-0.15, -0.1) is 0 Å². The van der Waals surface area contributed by atoms with Crippen LogP contribution in [0.25, 0.3) is 5.57 Å². The lowest BCUT2D eigenvalue weighted by molar-refractivity contribution is -0.130. The Hall–Kier alpha value is -2.83. The molecule has 2 aromatic carbocycles. The summed E-state index contributed by atoms with van der Waals surface area (Å²) in [6.07, 6.45) is 1.25. The first kappa shape index (κ1) is 23.4. The molecule has 0 aliphatic carbocycles. The number of benzene rings is 2. The second-order valence-electron chi connectivity index (χ2n) is 6.43. The van der Waals surface area contributed by atoms with Gasteiger partial charge in [0.25, 0.3) is 0 Å². The molecule has 0 aromatic heterocycles. The zero-order valence-corrected chi connectivity index (χ0v) is 18.7. The van der Waals surface area contributed by atoms with Crippen molar-refractivity contribution in [2.75, 3.05) is 0 Å². The van der Waals surface area contributed by atoms with Crippen molar-refractivity contribution < 1.29 is 19.1 Å². The summed E-state index contributed by atoms with van der Waals surface area (Å²) in [4.78, 5) is 37.2. The fourth-order valence-electron chi connectivity index (χ4n) is 2.25. The van der Waals surface area contributed by atoms with E-state index in [0.717, 1.165) is 44.5 Å². The van der Waals surface area contributed by atoms with Gasteiger partial charge in [-0.3, -0.25) is 9.59 Å². The maximum Gasteiger partial charge on any atom is 0.339 e. The fraction of sp³-hybridized carbons (Fsp3) is 0.125. The van der Waals surface area contributed by atoms with Crippen molar-refractivity contribution >= 4 is 45.3 Å². The van der Waals surface area contributed by atoms with Gasteiger partial charge in [0.05, 0.1) is 0 Å². The molecule has 0 amide bonds. The monoisotopic (exact) mass is 438 g/mol. The molecule has 0 aliphatic heterocycles. The number of carbonyl (C=O) groups is 3. The summed E-state index contributed by atoms with van der Waals surface area (Å²) in [5.74, 6) is -0.0569. The van der Waals surface area contributed by atoms with Gasteiger partial charge >= 0.3 is 5.97 Å². The molecule has 6 heteroatoms. The summed E-state index contributed by atoms with van der Waals surface area (Å²) in [5, 5.41) is -0.226. The Balaban J connectivity index is 2.08. The van der Waals surface area contributed by atoms with E-state index in [2.05, 4.69) is 13.2 Å². The first-order valence-corrected chi connectivity index (χ1v) is 10.7. The number of thioether (sulfide) groups is 2. The summed E-state index contributed by atoms with van der Waals surface area (Å²) in [5.41, 5.74) is 2.63. The van der Waals surface area contributed by atoms with E-state index in [9.17, 15) is 14.4 Å². The lowest BCUT2D eigenvalue weighted by atomic mass is 10.0. The van der Waals surface area contributed by atoms with Crippen LogP contribution in [0.15, 0.2) is 88.7 Å². The number of esters is 1. The minimum Gasteiger partial charge on any atom is -0.423 e. The highest BCUT2D eigenvalue weighted by Gasteiger charge is 2.13. The molecular formula is C24H22O4S2. The molecule has 0 saturated heterocycles. The minimum absolute atomic E-state index is 0.0759. The Kier molecular flexibility index (Phi) is 8.45. The van der Waals surface area contributed by atoms with Crippen molar-refractivity contribution in [1.82, 2.24) is 0 Å². The van der Waals surface area contributed by atoms with Gasteiger partial charge in [0.2, 0.25) is 10.2 Å². The predicted octanol–water partition coefficient (Wildman–Crippen LogP) is 6.09. The normalized spacial score (nSPS) is 11.3. The molecule has 0 unspecified atom stereocenters. The van der Waals surface area contributed by atoms with Crippen molar-refractivity contribution in [1.29, 1.82) is 0 Å². The van der Waals surface area contributed by atoms with E-state index in [1.54, 1.807) is 38.1 Å². The summed E-state index contributed by atoms with van der Waals surface area (Å²) >= 11 is 2.17. The lowest BCUT2D eigenvalue weighted by Crippen LogP contribution is -2.10. The summed E-state index contributed by atoms with van der Waals surface area (Å²) in [7, 11) is 0. The highest BCUT2D eigenvalue weighted by Crippen LogP contribution is 2.27. The van der Waals surface area contributed by atoms with Crippen LogP contribution in [0.5, 0.6) is 5.75 Å². The van der Waals surface area contributed by atoms with Crippen LogP contribution in [0.4, 0.5) is 0 Å². The van der Waals surface area contributed by atoms with Gasteiger partial charge in [0, 0.05) is 15.4 Å². The Bertz CT molecular complexity index is 1020. The molecule has 30 heavy (non-hydrogen) atoms. The molecular weight excluding hydrogens is 416 g/mol. The van der Waals surface area contributed by atoms with Crippen LogP contribution in [0, 0.1) is 0 Å². The van der Waals surface area contributed by atoms with E-state index in [-0.39, 0.29) is 10.2 Å². The molecule has 2 aromatic rings. The molecule has 0 atom stereocenters. The topological polar surface area (TPSA) is 60.4 Å². The molecule has 2 rings (SSSR count). The zero-order chi connectivity index (χ0) is 22.3. The molecule has 154 valence electrons. The van der Waals surface area contributed by atoms with Crippen LogP contribution >= 0.6 is 23.5 Å². The van der Waals surface area contributed by atoms with Crippen LogP contribution in [0.3, 0.4) is 0 Å². The van der Waals surface area contributed by atoms with E-state index < -0.39 is 5.97 Å². The maximum atomic E-state index is 12.5. The second kappa shape index (κ2) is 10.8. The summed E-state index contributed by atoms with van der Waals surface area (Å²) in [6, 6.07) is 14.1. The number of hydrogen-bond donors (Lipinski definition) is 0. The third kappa shape index (κ3) is 6.61. The third-order valence-corrected chi connectivity index (χ3v) is 6.05. The molecule has 0 fully saturated rings. The summed E-state index contributed by atoms with van der Waals surface area (Å²) < 4.78 is 5.44. The number of allylic oxidation sites excluding steroid dienone is 1. The highest BCUT2D eigenvalue weighted by atomic mass is 32.2. The van der Waals surface area contributed by atoms with Gasteiger partial charge in [-0.1, -0.05) is 25.3 Å². The molecule has 0 N–H and O–H groups in total. The largest absolute Gasteiger partial charge is 0.423 e. The molecule has 0 spiro atoms. The Morgan fingerprint density at radius 2 is 1.40 bits per heavy atom. The first-order chi connectivity index (χ1) is 14.2. The Morgan fingerprint density at radius 1 is 0.867 bits per heavy atom. The number of rotatable bonds is 7. The van der Waals surface area contributed by atoms with E-state index >= 15 is 0 Å². The summed E-state index contributed by atoms with van der Waals surface area (Å²) in [6.45, 7) is 12.3. The Labute approximate surface area is 185 Å². The van der Waals surface area contributed by atoms with Crippen LogP contribution in [0.2, 0.25) is 0 Å². The van der Waals surface area contributed by atoms with Gasteiger partial charge in [0.15, 0.2) is 0 Å².